The predicted octanol–water partition coefficient (Wildman–Crippen LogP) is 6.72. The molecule has 0 aromatic rings. The summed E-state index contributed by atoms with van der Waals surface area (Å²) < 4.78 is 46.9. The van der Waals surface area contributed by atoms with Gasteiger partial charge in [0.05, 0.1) is 25.4 Å². The van der Waals surface area contributed by atoms with Crippen molar-refractivity contribution >= 4 is 11.9 Å². The average Bonchev–Trinajstić information content (AvgIpc) is 3.81. The predicted molar refractivity (Wildman–Crippen MR) is 185 cm³/mol. The Balaban J connectivity index is 1.38. The van der Waals surface area contributed by atoms with E-state index in [2.05, 4.69) is 44.4 Å². The van der Waals surface area contributed by atoms with Gasteiger partial charge in [-0.3, -0.25) is 0 Å². The molecule has 0 aromatic heterocycles. The van der Waals surface area contributed by atoms with E-state index in [1.807, 2.05) is 39.8 Å². The van der Waals surface area contributed by atoms with E-state index in [1.165, 1.54) is 0 Å². The molecule has 6 atom stereocenters. The molecule has 10 nitrogen and oxygen atoms in total. The number of ether oxygens (including phenoxy) is 8. The van der Waals surface area contributed by atoms with Crippen LogP contribution in [0.2, 0.25) is 0 Å². The minimum Gasteiger partial charge on any atom is -0.487 e. The number of fused-ring (bicyclic) bond motifs is 5. The zero-order valence-corrected chi connectivity index (χ0v) is 30.0. The Morgan fingerprint density at radius 3 is 1.78 bits per heavy atom. The molecule has 0 fully saturated rings. The van der Waals surface area contributed by atoms with Crippen molar-refractivity contribution in [3.63, 3.8) is 0 Å². The molecule has 0 heterocycles. The summed E-state index contributed by atoms with van der Waals surface area (Å²) in [6.45, 7) is 22.4. The zero-order chi connectivity index (χ0) is 35.7. The Hall–Kier alpha value is -3.70. The quantitative estimate of drug-likeness (QED) is 0.0656. The Kier molecular flexibility index (Phi) is 13.5. The molecule has 268 valence electrons. The van der Waals surface area contributed by atoms with E-state index in [0.717, 1.165) is 35.1 Å². The summed E-state index contributed by atoms with van der Waals surface area (Å²) in [5.74, 6) is 0.292. The van der Waals surface area contributed by atoms with Crippen molar-refractivity contribution in [1.29, 1.82) is 0 Å². The van der Waals surface area contributed by atoms with E-state index in [-0.39, 0.29) is 55.7 Å². The molecule has 0 aliphatic heterocycles. The molecule has 0 N–H and O–H groups in total. The highest BCUT2D eigenvalue weighted by atomic mass is 16.7. The van der Waals surface area contributed by atoms with Crippen LogP contribution >= 0.6 is 0 Å². The molecule has 6 unspecified atom stereocenters. The topological polar surface area (TPSA) is 108 Å². The second kappa shape index (κ2) is 17.3. The molecule has 0 aromatic carbocycles. The lowest BCUT2D eigenvalue weighted by molar-refractivity contribution is -0.191. The van der Waals surface area contributed by atoms with Crippen LogP contribution in [-0.4, -0.2) is 76.4 Å². The van der Waals surface area contributed by atoms with Crippen LogP contribution in [0, 0.1) is 11.3 Å². The number of rotatable bonds is 23. The van der Waals surface area contributed by atoms with Gasteiger partial charge in [-0.25, -0.2) is 9.59 Å². The van der Waals surface area contributed by atoms with Gasteiger partial charge in [0.1, 0.15) is 11.5 Å². The summed E-state index contributed by atoms with van der Waals surface area (Å²) in [5.41, 5.74) is 4.39. The molecule has 10 heteroatoms. The van der Waals surface area contributed by atoms with Gasteiger partial charge < -0.3 is 37.9 Å². The Morgan fingerprint density at radius 1 is 0.735 bits per heavy atom. The third-order valence-corrected chi connectivity index (χ3v) is 8.57. The normalized spacial score (nSPS) is 22.6. The molecule has 4 aliphatic rings. The number of esters is 2. The fraction of sp³-hybridized carbons (Fsp3) is 0.538. The number of hydrogen-bond donors (Lipinski definition) is 0. The Bertz CT molecular complexity index is 1460. The summed E-state index contributed by atoms with van der Waals surface area (Å²) >= 11 is 0. The second-order valence-corrected chi connectivity index (χ2v) is 13.0. The van der Waals surface area contributed by atoms with E-state index < -0.39 is 29.9 Å². The van der Waals surface area contributed by atoms with E-state index in [9.17, 15) is 9.59 Å². The first-order chi connectivity index (χ1) is 23.4. The summed E-state index contributed by atoms with van der Waals surface area (Å²) in [5, 5.41) is 0. The van der Waals surface area contributed by atoms with E-state index >= 15 is 0 Å². The maximum atomic E-state index is 12.4. The first-order valence-corrected chi connectivity index (χ1v) is 17.1. The van der Waals surface area contributed by atoms with Gasteiger partial charge in [-0.1, -0.05) is 58.2 Å². The first-order valence-electron chi connectivity index (χ1n) is 17.1. The summed E-state index contributed by atoms with van der Waals surface area (Å²) in [7, 11) is 0. The number of hydrogen-bond acceptors (Lipinski definition) is 10. The van der Waals surface area contributed by atoms with Gasteiger partial charge >= 0.3 is 11.9 Å². The molecule has 0 spiro atoms. The van der Waals surface area contributed by atoms with Crippen molar-refractivity contribution in [2.45, 2.75) is 86.1 Å². The maximum Gasteiger partial charge on any atom is 0.335 e. The van der Waals surface area contributed by atoms with Crippen molar-refractivity contribution in [3.8, 4) is 0 Å². The van der Waals surface area contributed by atoms with Crippen LogP contribution in [0.1, 0.15) is 61.3 Å². The fourth-order valence-corrected chi connectivity index (χ4v) is 6.00. The van der Waals surface area contributed by atoms with Crippen molar-refractivity contribution in [2.75, 3.05) is 39.6 Å². The van der Waals surface area contributed by atoms with Gasteiger partial charge in [-0.15, -0.1) is 0 Å². The summed E-state index contributed by atoms with van der Waals surface area (Å²) in [6, 6.07) is 0. The molecule has 0 radical (unpaired) electrons. The number of carbonyl (C=O) groups is 2. The van der Waals surface area contributed by atoms with Gasteiger partial charge in [0.2, 0.25) is 12.6 Å². The standard InChI is InChI=1S/C39H52O10/c1-10-16-42-26(7)20-46-34(48-37(40)24(3)4)22-44-32-18-28-12-14-30(32)36(28)39(9)29-13-15-31(39)33(19-29)45-23-35(49-38(41)25(5)6)47-21-27(8)43-17-11-2/h12-15,18-19,26-27,34-36H,3,5,10-11,16-17,20-23H2,1-2,4,6-9H3. The van der Waals surface area contributed by atoms with Gasteiger partial charge in [0.25, 0.3) is 0 Å². The van der Waals surface area contributed by atoms with Gasteiger partial charge in [0.15, 0.2) is 13.2 Å². The molecule has 4 aliphatic carbocycles. The number of carbonyl (C=O) groups excluding carboxylic acids is 2. The van der Waals surface area contributed by atoms with Crippen molar-refractivity contribution in [2.24, 2.45) is 11.3 Å². The molecule has 0 saturated carbocycles. The summed E-state index contributed by atoms with van der Waals surface area (Å²) in [4.78, 5) is 24.7. The zero-order valence-electron chi connectivity index (χ0n) is 30.0. The van der Waals surface area contributed by atoms with Gasteiger partial charge in [0, 0.05) is 46.8 Å². The van der Waals surface area contributed by atoms with Crippen LogP contribution in [0.25, 0.3) is 0 Å². The van der Waals surface area contributed by atoms with Crippen LogP contribution in [-0.2, 0) is 47.5 Å². The van der Waals surface area contributed by atoms with E-state index in [4.69, 9.17) is 37.9 Å². The summed E-state index contributed by atoms with van der Waals surface area (Å²) in [6.07, 6.45) is 12.0. The molecule has 4 bridgehead atoms. The SMILES string of the molecule is C=C(C)C(=O)OC(COC1=CC2=CC=C1C2C1(C)C2=CC=C1C(OCC(OCC(C)OCCC)OC(=O)C(=C)C)=C2)OCC(C)OCCC. The average molecular weight is 681 g/mol. The van der Waals surface area contributed by atoms with Crippen LogP contribution < -0.4 is 0 Å². The molecule has 49 heavy (non-hydrogen) atoms. The highest BCUT2D eigenvalue weighted by Gasteiger charge is 2.54. The van der Waals surface area contributed by atoms with Crippen LogP contribution in [0.5, 0.6) is 0 Å². The fourth-order valence-electron chi connectivity index (χ4n) is 6.00. The van der Waals surface area contributed by atoms with Crippen LogP contribution in [0.15, 0.2) is 94.6 Å². The largest absolute Gasteiger partial charge is 0.487 e. The van der Waals surface area contributed by atoms with Crippen molar-refractivity contribution in [1.82, 2.24) is 0 Å². The first kappa shape index (κ1) is 38.1. The molecule has 4 rings (SSSR count). The Labute approximate surface area is 290 Å². The molecular formula is C39H52O10. The molecule has 0 saturated heterocycles. The van der Waals surface area contributed by atoms with E-state index in [0.29, 0.717) is 24.7 Å². The third-order valence-electron chi connectivity index (χ3n) is 8.57. The lowest BCUT2D eigenvalue weighted by Crippen LogP contribution is -2.31. The monoisotopic (exact) mass is 680 g/mol. The molecule has 0 amide bonds. The van der Waals surface area contributed by atoms with Gasteiger partial charge in [-0.05, 0) is 63.8 Å². The van der Waals surface area contributed by atoms with E-state index in [1.54, 1.807) is 13.8 Å². The lowest BCUT2D eigenvalue weighted by Gasteiger charge is -2.34. The maximum absolute atomic E-state index is 12.4. The molecular weight excluding hydrogens is 628 g/mol. The Morgan fingerprint density at radius 2 is 1.27 bits per heavy atom. The lowest BCUT2D eigenvalue weighted by atomic mass is 9.69. The van der Waals surface area contributed by atoms with Crippen LogP contribution in [0.4, 0.5) is 0 Å². The minimum atomic E-state index is -0.942. The van der Waals surface area contributed by atoms with Crippen molar-refractivity contribution < 1.29 is 47.5 Å². The highest BCUT2D eigenvalue weighted by molar-refractivity contribution is 5.87. The van der Waals surface area contributed by atoms with Crippen molar-refractivity contribution in [3.05, 3.63) is 94.6 Å². The van der Waals surface area contributed by atoms with Crippen LogP contribution in [0.3, 0.4) is 0 Å². The minimum absolute atomic E-state index is 0.00111. The highest BCUT2D eigenvalue weighted by Crippen LogP contribution is 2.62. The number of allylic oxidation sites excluding steroid dienone is 10. The third kappa shape index (κ3) is 9.30. The van der Waals surface area contributed by atoms with Gasteiger partial charge in [-0.2, -0.15) is 0 Å². The smallest absolute Gasteiger partial charge is 0.335 e. The second-order valence-electron chi connectivity index (χ2n) is 13.0.